The van der Waals surface area contributed by atoms with Gasteiger partial charge in [0.25, 0.3) is 6.43 Å². The average molecular weight is 181 g/mol. The lowest BCUT2D eigenvalue weighted by Gasteiger charge is -2.01. The van der Waals surface area contributed by atoms with E-state index in [1.165, 1.54) is 0 Å². The van der Waals surface area contributed by atoms with Crippen LogP contribution in [0.3, 0.4) is 0 Å². The first kappa shape index (κ1) is 11.3. The topological polar surface area (TPSA) is 49.3 Å². The maximum atomic E-state index is 11.5. The highest BCUT2D eigenvalue weighted by Crippen LogP contribution is 1.94. The van der Waals surface area contributed by atoms with Crippen molar-refractivity contribution in [2.75, 3.05) is 13.1 Å². The van der Waals surface area contributed by atoms with Gasteiger partial charge in [-0.25, -0.2) is 8.78 Å². The third-order valence-corrected chi connectivity index (χ3v) is 1.29. The first-order valence-corrected chi connectivity index (χ1v) is 3.83. The van der Waals surface area contributed by atoms with Crippen LogP contribution < -0.4 is 5.32 Å². The number of hydrogen-bond donors (Lipinski definition) is 2. The summed E-state index contributed by atoms with van der Waals surface area (Å²) in [4.78, 5) is 10.00. The van der Waals surface area contributed by atoms with E-state index in [0.717, 1.165) is 0 Å². The Balaban J connectivity index is 2.96. The molecule has 0 heterocycles. The molecule has 0 bridgehead atoms. The minimum atomic E-state index is -2.33. The second kappa shape index (κ2) is 6.97. The molecule has 0 saturated heterocycles. The molecule has 0 unspecified atom stereocenters. The maximum Gasteiger partial charge on any atom is 0.303 e. The first-order valence-electron chi connectivity index (χ1n) is 3.83. The molecule has 0 aliphatic heterocycles. The summed E-state index contributed by atoms with van der Waals surface area (Å²) in [5.74, 6) is -0.844. The monoisotopic (exact) mass is 181 g/mol. The minimum absolute atomic E-state index is 0.107. The second-order valence-electron chi connectivity index (χ2n) is 2.45. The molecule has 0 atom stereocenters. The zero-order valence-corrected chi connectivity index (χ0v) is 6.72. The van der Waals surface area contributed by atoms with E-state index in [-0.39, 0.29) is 13.0 Å². The number of unbranched alkanes of at least 4 members (excludes halogenated alkanes) is 1. The van der Waals surface area contributed by atoms with Crippen molar-refractivity contribution in [1.82, 2.24) is 5.32 Å². The predicted octanol–water partition coefficient (Wildman–Crippen LogP) is 1.10. The van der Waals surface area contributed by atoms with Crippen molar-refractivity contribution in [3.8, 4) is 0 Å². The number of alkyl halides is 2. The van der Waals surface area contributed by atoms with Crippen molar-refractivity contribution < 1.29 is 18.7 Å². The van der Waals surface area contributed by atoms with Crippen LogP contribution in [0.4, 0.5) is 8.78 Å². The zero-order valence-electron chi connectivity index (χ0n) is 6.72. The highest BCUT2D eigenvalue weighted by molar-refractivity contribution is 5.66. The Morgan fingerprint density at radius 3 is 2.58 bits per heavy atom. The van der Waals surface area contributed by atoms with E-state index >= 15 is 0 Å². The normalized spacial score (nSPS) is 10.6. The molecule has 0 aromatic heterocycles. The van der Waals surface area contributed by atoms with Gasteiger partial charge in [-0.1, -0.05) is 0 Å². The van der Waals surface area contributed by atoms with E-state index in [2.05, 4.69) is 5.32 Å². The highest BCUT2D eigenvalue weighted by Gasteiger charge is 2.00. The number of aliphatic carboxylic acids is 1. The zero-order chi connectivity index (χ0) is 9.40. The lowest BCUT2D eigenvalue weighted by molar-refractivity contribution is -0.137. The summed E-state index contributed by atoms with van der Waals surface area (Å²) >= 11 is 0. The standard InChI is InChI=1S/C7H13F2NO2/c8-6(9)5-10-4-2-1-3-7(11)12/h6,10H,1-5H2,(H,11,12). The molecule has 0 amide bonds. The van der Waals surface area contributed by atoms with Crippen LogP contribution in [-0.2, 0) is 4.79 Å². The van der Waals surface area contributed by atoms with Gasteiger partial charge in [-0.15, -0.1) is 0 Å². The Hall–Kier alpha value is -0.710. The number of carbonyl (C=O) groups is 1. The van der Waals surface area contributed by atoms with Crippen LogP contribution in [0.1, 0.15) is 19.3 Å². The Bertz CT molecular complexity index is 131. The smallest absolute Gasteiger partial charge is 0.303 e. The summed E-state index contributed by atoms with van der Waals surface area (Å²) in [5, 5.41) is 10.7. The summed E-state index contributed by atoms with van der Waals surface area (Å²) < 4.78 is 23.0. The van der Waals surface area contributed by atoms with Crippen molar-refractivity contribution in [1.29, 1.82) is 0 Å². The van der Waals surface area contributed by atoms with E-state index in [4.69, 9.17) is 5.11 Å². The highest BCUT2D eigenvalue weighted by atomic mass is 19.3. The fraction of sp³-hybridized carbons (Fsp3) is 0.857. The molecular formula is C7H13F2NO2. The van der Waals surface area contributed by atoms with Gasteiger partial charge in [0.2, 0.25) is 0 Å². The summed E-state index contributed by atoms with van der Waals surface area (Å²) in [5.41, 5.74) is 0. The van der Waals surface area contributed by atoms with Gasteiger partial charge in [-0.2, -0.15) is 0 Å². The molecule has 0 aromatic carbocycles. The van der Waals surface area contributed by atoms with Crippen molar-refractivity contribution in [2.24, 2.45) is 0 Å². The van der Waals surface area contributed by atoms with Gasteiger partial charge in [0, 0.05) is 6.42 Å². The van der Waals surface area contributed by atoms with Gasteiger partial charge < -0.3 is 10.4 Å². The van der Waals surface area contributed by atoms with Gasteiger partial charge in [-0.05, 0) is 19.4 Å². The van der Waals surface area contributed by atoms with Crippen molar-refractivity contribution in [3.05, 3.63) is 0 Å². The van der Waals surface area contributed by atoms with Crippen molar-refractivity contribution in [3.63, 3.8) is 0 Å². The predicted molar refractivity (Wildman–Crippen MR) is 40.4 cm³/mol. The molecule has 72 valence electrons. The van der Waals surface area contributed by atoms with E-state index in [9.17, 15) is 13.6 Å². The molecule has 0 aliphatic carbocycles. The van der Waals surface area contributed by atoms with Crippen LogP contribution in [0.5, 0.6) is 0 Å². The van der Waals surface area contributed by atoms with E-state index in [1.54, 1.807) is 0 Å². The van der Waals surface area contributed by atoms with Gasteiger partial charge in [0.15, 0.2) is 0 Å². The van der Waals surface area contributed by atoms with Gasteiger partial charge >= 0.3 is 5.97 Å². The first-order chi connectivity index (χ1) is 5.63. The molecule has 12 heavy (non-hydrogen) atoms. The molecule has 5 heteroatoms. The molecule has 0 saturated carbocycles. The number of hydrogen-bond acceptors (Lipinski definition) is 2. The van der Waals surface area contributed by atoms with E-state index in [1.807, 2.05) is 0 Å². The maximum absolute atomic E-state index is 11.5. The molecular weight excluding hydrogens is 168 g/mol. The summed E-state index contributed by atoms with van der Waals surface area (Å²) in [6, 6.07) is 0. The number of halogens is 2. The molecule has 0 rings (SSSR count). The Kier molecular flexibility index (Phi) is 6.55. The summed E-state index contributed by atoms with van der Waals surface area (Å²) in [6.07, 6.45) is -1.06. The molecule has 0 spiro atoms. The molecule has 0 aliphatic rings. The SMILES string of the molecule is O=C(O)CCCCNCC(F)F. The van der Waals surface area contributed by atoms with Crippen LogP contribution >= 0.6 is 0 Å². The third-order valence-electron chi connectivity index (χ3n) is 1.29. The lowest BCUT2D eigenvalue weighted by Crippen LogP contribution is -2.22. The molecule has 2 N–H and O–H groups in total. The molecule has 0 aromatic rings. The van der Waals surface area contributed by atoms with E-state index in [0.29, 0.717) is 19.4 Å². The lowest BCUT2D eigenvalue weighted by atomic mass is 10.2. The van der Waals surface area contributed by atoms with Crippen LogP contribution in [0.15, 0.2) is 0 Å². The van der Waals surface area contributed by atoms with Gasteiger partial charge in [0.05, 0.1) is 6.54 Å². The fourth-order valence-corrected chi connectivity index (χ4v) is 0.737. The Labute approximate surface area is 69.8 Å². The quantitative estimate of drug-likeness (QED) is 0.578. The fourth-order valence-electron chi connectivity index (χ4n) is 0.737. The van der Waals surface area contributed by atoms with Crippen LogP contribution in [0, 0.1) is 0 Å². The Morgan fingerprint density at radius 2 is 2.08 bits per heavy atom. The van der Waals surface area contributed by atoms with E-state index < -0.39 is 12.4 Å². The largest absolute Gasteiger partial charge is 0.481 e. The van der Waals surface area contributed by atoms with Crippen LogP contribution in [0.25, 0.3) is 0 Å². The summed E-state index contributed by atoms with van der Waals surface area (Å²) in [6.45, 7) is 0.144. The molecule has 0 radical (unpaired) electrons. The average Bonchev–Trinajstić information content (AvgIpc) is 1.95. The minimum Gasteiger partial charge on any atom is -0.481 e. The summed E-state index contributed by atoms with van der Waals surface area (Å²) in [7, 11) is 0. The Morgan fingerprint density at radius 1 is 1.42 bits per heavy atom. The van der Waals surface area contributed by atoms with Crippen LogP contribution in [0.2, 0.25) is 0 Å². The van der Waals surface area contributed by atoms with Gasteiger partial charge in [0.1, 0.15) is 0 Å². The number of rotatable bonds is 7. The third kappa shape index (κ3) is 9.29. The number of carboxylic acid groups (broad SMARTS) is 1. The number of nitrogens with one attached hydrogen (secondary N) is 1. The van der Waals surface area contributed by atoms with Crippen molar-refractivity contribution in [2.45, 2.75) is 25.7 Å². The van der Waals surface area contributed by atoms with Gasteiger partial charge in [-0.3, -0.25) is 4.79 Å². The molecule has 0 fully saturated rings. The molecule has 3 nitrogen and oxygen atoms in total. The number of carboxylic acids is 1. The van der Waals surface area contributed by atoms with Crippen molar-refractivity contribution >= 4 is 5.97 Å². The van der Waals surface area contributed by atoms with Crippen LogP contribution in [-0.4, -0.2) is 30.6 Å². The second-order valence-corrected chi connectivity index (χ2v) is 2.45.